The van der Waals surface area contributed by atoms with Crippen molar-refractivity contribution in [1.82, 2.24) is 0 Å². The van der Waals surface area contributed by atoms with Crippen LogP contribution in [0.2, 0.25) is 0 Å². The Hall–Kier alpha value is -0.160. The lowest BCUT2D eigenvalue weighted by molar-refractivity contribution is 0.0228. The van der Waals surface area contributed by atoms with Crippen molar-refractivity contribution in [1.29, 1.82) is 0 Å². The Kier molecular flexibility index (Phi) is 5.40. The molecule has 0 aliphatic carbocycles. The van der Waals surface area contributed by atoms with E-state index in [9.17, 15) is 5.11 Å². The summed E-state index contributed by atoms with van der Waals surface area (Å²) in [4.78, 5) is 0. The molecule has 4 heteroatoms. The van der Waals surface area contributed by atoms with Crippen molar-refractivity contribution in [3.05, 3.63) is 0 Å². The molecule has 0 saturated carbocycles. The lowest BCUT2D eigenvalue weighted by Crippen LogP contribution is -2.22. The average Bonchev–Trinajstić information content (AvgIpc) is 2.94. The minimum atomic E-state index is -0.629. The van der Waals surface area contributed by atoms with Gasteiger partial charge in [-0.3, -0.25) is 0 Å². The fourth-order valence-electron chi connectivity index (χ4n) is 1.18. The second-order valence-electron chi connectivity index (χ2n) is 3.83. The molecule has 1 rings (SSSR count). The first kappa shape index (κ1) is 11.9. The fourth-order valence-corrected chi connectivity index (χ4v) is 1.18. The van der Waals surface area contributed by atoms with Crippen LogP contribution in [0.3, 0.4) is 0 Å². The summed E-state index contributed by atoms with van der Waals surface area (Å²) >= 11 is 0. The number of hydrogen-bond acceptors (Lipinski definition) is 4. The number of unbranched alkanes of at least 4 members (excludes halogenated alkanes) is 1. The number of hydrogen-bond donors (Lipinski definition) is 2. The lowest BCUT2D eigenvalue weighted by atomic mass is 10.1. The Morgan fingerprint density at radius 3 is 2.71 bits per heavy atom. The van der Waals surface area contributed by atoms with E-state index in [2.05, 4.69) is 0 Å². The Labute approximate surface area is 84.8 Å². The number of epoxide rings is 1. The predicted molar refractivity (Wildman–Crippen MR) is 52.1 cm³/mol. The van der Waals surface area contributed by atoms with Crippen LogP contribution < -0.4 is 0 Å². The molecule has 3 unspecified atom stereocenters. The van der Waals surface area contributed by atoms with Crippen LogP contribution in [0.25, 0.3) is 0 Å². The molecule has 84 valence electrons. The van der Waals surface area contributed by atoms with E-state index in [1.807, 2.05) is 0 Å². The van der Waals surface area contributed by atoms with Crippen LogP contribution in [0.15, 0.2) is 0 Å². The van der Waals surface area contributed by atoms with E-state index >= 15 is 0 Å². The summed E-state index contributed by atoms with van der Waals surface area (Å²) in [5.74, 6) is 0. The van der Waals surface area contributed by atoms with Crippen molar-refractivity contribution < 1.29 is 19.7 Å². The van der Waals surface area contributed by atoms with Crippen molar-refractivity contribution in [3.8, 4) is 0 Å². The molecule has 0 aromatic carbocycles. The lowest BCUT2D eigenvalue weighted by Gasteiger charge is -2.12. The van der Waals surface area contributed by atoms with Gasteiger partial charge in [0, 0.05) is 6.61 Å². The monoisotopic (exact) mass is 204 g/mol. The van der Waals surface area contributed by atoms with Gasteiger partial charge in [0.1, 0.15) is 6.10 Å². The summed E-state index contributed by atoms with van der Waals surface area (Å²) < 4.78 is 10.3. The second kappa shape index (κ2) is 6.35. The molecule has 0 radical (unpaired) electrons. The van der Waals surface area contributed by atoms with E-state index in [1.165, 1.54) is 0 Å². The third-order valence-corrected chi connectivity index (χ3v) is 2.30. The molecule has 1 aliphatic heterocycles. The van der Waals surface area contributed by atoms with Crippen molar-refractivity contribution in [2.24, 2.45) is 0 Å². The number of aliphatic hydroxyl groups excluding tert-OH is 2. The molecule has 1 fully saturated rings. The van der Waals surface area contributed by atoms with Crippen LogP contribution in [0, 0.1) is 0 Å². The highest BCUT2D eigenvalue weighted by Crippen LogP contribution is 2.09. The third-order valence-electron chi connectivity index (χ3n) is 2.30. The zero-order valence-electron chi connectivity index (χ0n) is 8.69. The van der Waals surface area contributed by atoms with Gasteiger partial charge >= 0.3 is 0 Å². The van der Waals surface area contributed by atoms with Gasteiger partial charge in [0.2, 0.25) is 0 Å². The van der Waals surface area contributed by atoms with Crippen molar-refractivity contribution in [3.63, 3.8) is 0 Å². The first-order valence-electron chi connectivity index (χ1n) is 5.25. The first-order chi connectivity index (χ1) is 6.70. The Morgan fingerprint density at radius 2 is 2.14 bits per heavy atom. The zero-order valence-corrected chi connectivity index (χ0v) is 8.69. The highest BCUT2D eigenvalue weighted by Gasteiger charge is 2.21. The fraction of sp³-hybridized carbons (Fsp3) is 1.00. The maximum atomic E-state index is 9.27. The average molecular weight is 204 g/mol. The maximum Gasteiger partial charge on any atom is 0.104 e. The molecule has 0 aromatic rings. The van der Waals surface area contributed by atoms with Gasteiger partial charge in [-0.1, -0.05) is 0 Å². The molecular formula is C10H20O4. The van der Waals surface area contributed by atoms with Gasteiger partial charge in [-0.15, -0.1) is 0 Å². The van der Waals surface area contributed by atoms with E-state index in [0.717, 1.165) is 19.4 Å². The topological polar surface area (TPSA) is 62.2 Å². The molecule has 1 saturated heterocycles. The summed E-state index contributed by atoms with van der Waals surface area (Å²) in [6.07, 6.45) is 1.56. The minimum Gasteiger partial charge on any atom is -0.391 e. The van der Waals surface area contributed by atoms with Crippen LogP contribution in [-0.2, 0) is 9.47 Å². The standard InChI is InChI=1S/C10H20O4/c1-8(11)10(12)4-2-3-5-13-6-9-7-14-9/h8-12H,2-7H2,1H3. The normalized spacial score (nSPS) is 24.6. The van der Waals surface area contributed by atoms with Crippen LogP contribution in [0.5, 0.6) is 0 Å². The van der Waals surface area contributed by atoms with E-state index in [1.54, 1.807) is 6.92 Å². The van der Waals surface area contributed by atoms with Crippen molar-refractivity contribution in [2.75, 3.05) is 19.8 Å². The summed E-state index contributed by atoms with van der Waals surface area (Å²) in [7, 11) is 0. The second-order valence-corrected chi connectivity index (χ2v) is 3.83. The van der Waals surface area contributed by atoms with Gasteiger partial charge in [0.05, 0.1) is 25.4 Å². The highest BCUT2D eigenvalue weighted by molar-refractivity contribution is 4.67. The Bertz CT molecular complexity index is 145. The molecule has 2 N–H and O–H groups in total. The van der Waals surface area contributed by atoms with Gasteiger partial charge in [-0.2, -0.15) is 0 Å². The summed E-state index contributed by atoms with van der Waals surface area (Å²) in [5.41, 5.74) is 0. The summed E-state index contributed by atoms with van der Waals surface area (Å²) in [6, 6.07) is 0. The van der Waals surface area contributed by atoms with Crippen LogP contribution >= 0.6 is 0 Å². The van der Waals surface area contributed by atoms with Gasteiger partial charge in [-0.05, 0) is 26.2 Å². The van der Waals surface area contributed by atoms with Gasteiger partial charge < -0.3 is 19.7 Å². The molecule has 1 aliphatic rings. The Morgan fingerprint density at radius 1 is 1.43 bits per heavy atom. The number of ether oxygens (including phenoxy) is 2. The third kappa shape index (κ3) is 5.54. The van der Waals surface area contributed by atoms with E-state index in [-0.39, 0.29) is 0 Å². The smallest absolute Gasteiger partial charge is 0.104 e. The predicted octanol–water partition coefficient (Wildman–Crippen LogP) is 0.314. The summed E-state index contributed by atoms with van der Waals surface area (Å²) in [6.45, 7) is 3.84. The molecular weight excluding hydrogens is 184 g/mol. The first-order valence-corrected chi connectivity index (χ1v) is 5.25. The zero-order chi connectivity index (χ0) is 10.4. The maximum absolute atomic E-state index is 9.27. The molecule has 0 amide bonds. The molecule has 0 aromatic heterocycles. The van der Waals surface area contributed by atoms with E-state index in [4.69, 9.17) is 14.6 Å². The van der Waals surface area contributed by atoms with Crippen LogP contribution in [-0.4, -0.2) is 48.3 Å². The minimum absolute atomic E-state index is 0.332. The summed E-state index contributed by atoms with van der Waals surface area (Å²) in [5, 5.41) is 18.3. The molecule has 3 atom stereocenters. The highest BCUT2D eigenvalue weighted by atomic mass is 16.6. The van der Waals surface area contributed by atoms with Gasteiger partial charge in [-0.25, -0.2) is 0 Å². The van der Waals surface area contributed by atoms with Crippen molar-refractivity contribution in [2.45, 2.75) is 44.5 Å². The largest absolute Gasteiger partial charge is 0.391 e. The molecule has 1 heterocycles. The van der Waals surface area contributed by atoms with Crippen LogP contribution in [0.1, 0.15) is 26.2 Å². The Balaban J connectivity index is 1.78. The SMILES string of the molecule is CC(O)C(O)CCCCOCC1CO1. The number of aliphatic hydroxyl groups is 2. The molecule has 14 heavy (non-hydrogen) atoms. The molecule has 0 bridgehead atoms. The molecule has 4 nitrogen and oxygen atoms in total. The molecule has 0 spiro atoms. The van der Waals surface area contributed by atoms with Gasteiger partial charge in [0.25, 0.3) is 0 Å². The van der Waals surface area contributed by atoms with Gasteiger partial charge in [0.15, 0.2) is 0 Å². The quantitative estimate of drug-likeness (QED) is 0.441. The van der Waals surface area contributed by atoms with E-state index in [0.29, 0.717) is 25.7 Å². The number of rotatable bonds is 8. The van der Waals surface area contributed by atoms with Crippen molar-refractivity contribution >= 4 is 0 Å². The van der Waals surface area contributed by atoms with E-state index < -0.39 is 12.2 Å². The van der Waals surface area contributed by atoms with Crippen LogP contribution in [0.4, 0.5) is 0 Å².